The van der Waals surface area contributed by atoms with E-state index in [0.29, 0.717) is 17.6 Å². The lowest BCUT2D eigenvalue weighted by atomic mass is 9.82. The summed E-state index contributed by atoms with van der Waals surface area (Å²) in [7, 11) is 0. The maximum absolute atomic E-state index is 6.04. The topological polar surface area (TPSA) is 9.23 Å². The van der Waals surface area contributed by atoms with Crippen molar-refractivity contribution in [2.75, 3.05) is 0 Å². The molecule has 1 aliphatic heterocycles. The van der Waals surface area contributed by atoms with E-state index in [1.807, 2.05) is 0 Å². The summed E-state index contributed by atoms with van der Waals surface area (Å²) in [5.41, 5.74) is 0.315. The molecule has 1 nitrogen and oxygen atoms in total. The second kappa shape index (κ2) is 4.85. The Hall–Kier alpha value is 0.250. The Morgan fingerprint density at radius 1 is 1.43 bits per heavy atom. The maximum Gasteiger partial charge on any atom is 0.0584 e. The summed E-state index contributed by atoms with van der Waals surface area (Å²) >= 11 is 6.04. The van der Waals surface area contributed by atoms with Crippen molar-refractivity contribution in [1.29, 1.82) is 0 Å². The average Bonchev–Trinajstić information content (AvgIpc) is 2.30. The van der Waals surface area contributed by atoms with Crippen molar-refractivity contribution >= 4 is 11.6 Å². The predicted molar refractivity (Wildman–Crippen MR) is 61.9 cm³/mol. The van der Waals surface area contributed by atoms with Gasteiger partial charge in [-0.3, -0.25) is 0 Å². The molecular weight excluding hydrogens is 196 g/mol. The molecule has 0 bridgehead atoms. The molecule has 1 fully saturated rings. The Kier molecular flexibility index (Phi) is 4.27. The highest BCUT2D eigenvalue weighted by Gasteiger charge is 2.29. The van der Waals surface area contributed by atoms with Crippen molar-refractivity contribution in [3.8, 4) is 0 Å². The van der Waals surface area contributed by atoms with E-state index in [9.17, 15) is 0 Å². The normalized spacial score (nSPS) is 30.6. The van der Waals surface area contributed by atoms with Crippen LogP contribution >= 0.6 is 11.6 Å². The fourth-order valence-electron chi connectivity index (χ4n) is 2.50. The highest BCUT2D eigenvalue weighted by Crippen LogP contribution is 2.35. The minimum Gasteiger partial charge on any atom is -0.375 e. The van der Waals surface area contributed by atoms with Crippen molar-refractivity contribution in [2.45, 2.75) is 71.0 Å². The zero-order valence-electron chi connectivity index (χ0n) is 9.85. The molecular formula is C12H23ClO. The van der Waals surface area contributed by atoms with Gasteiger partial charge < -0.3 is 4.74 Å². The molecule has 0 N–H and O–H groups in total. The molecule has 0 aromatic heterocycles. The highest BCUT2D eigenvalue weighted by molar-refractivity contribution is 6.20. The quantitative estimate of drug-likeness (QED) is 0.649. The number of halogens is 1. The second-order valence-corrected chi connectivity index (χ2v) is 6.24. The van der Waals surface area contributed by atoms with Crippen LogP contribution in [0, 0.1) is 5.41 Å². The zero-order chi connectivity index (χ0) is 10.8. The first-order valence-corrected chi connectivity index (χ1v) is 6.12. The Morgan fingerprint density at radius 2 is 2.07 bits per heavy atom. The standard InChI is InChI=1S/C12H23ClO/c1-9(13)7-12(3,4)8-11-6-5-10(2)14-11/h9-11H,5-8H2,1-4H3. The van der Waals surface area contributed by atoms with Gasteiger partial charge in [-0.05, 0) is 44.9 Å². The zero-order valence-corrected chi connectivity index (χ0v) is 10.6. The van der Waals surface area contributed by atoms with Crippen LogP contribution in [0.5, 0.6) is 0 Å². The van der Waals surface area contributed by atoms with Crippen LogP contribution in [0.15, 0.2) is 0 Å². The Morgan fingerprint density at radius 3 is 2.50 bits per heavy atom. The molecule has 2 heteroatoms. The van der Waals surface area contributed by atoms with Gasteiger partial charge in [0, 0.05) is 5.38 Å². The third kappa shape index (κ3) is 4.18. The fraction of sp³-hybridized carbons (Fsp3) is 1.00. The summed E-state index contributed by atoms with van der Waals surface area (Å²) in [6, 6.07) is 0. The molecule has 0 aromatic carbocycles. The largest absolute Gasteiger partial charge is 0.375 e. The van der Waals surface area contributed by atoms with Gasteiger partial charge in [-0.1, -0.05) is 13.8 Å². The third-order valence-corrected chi connectivity index (χ3v) is 3.09. The number of ether oxygens (including phenoxy) is 1. The van der Waals surface area contributed by atoms with Crippen LogP contribution in [-0.2, 0) is 4.74 Å². The SMILES string of the molecule is CC(Cl)CC(C)(C)CC1CCC(C)O1. The van der Waals surface area contributed by atoms with Gasteiger partial charge in [0.05, 0.1) is 12.2 Å². The summed E-state index contributed by atoms with van der Waals surface area (Å²) in [4.78, 5) is 0. The summed E-state index contributed by atoms with van der Waals surface area (Å²) in [6.45, 7) is 8.81. The molecule has 3 unspecified atom stereocenters. The van der Waals surface area contributed by atoms with Crippen molar-refractivity contribution in [1.82, 2.24) is 0 Å². The smallest absolute Gasteiger partial charge is 0.0584 e. The summed E-state index contributed by atoms with van der Waals surface area (Å²) in [5.74, 6) is 0. The van der Waals surface area contributed by atoms with E-state index in [-0.39, 0.29) is 5.38 Å². The van der Waals surface area contributed by atoms with E-state index in [0.717, 1.165) is 12.8 Å². The molecule has 1 rings (SSSR count). The summed E-state index contributed by atoms with van der Waals surface area (Å²) in [5, 5.41) is 0.267. The van der Waals surface area contributed by atoms with Gasteiger partial charge in [-0.2, -0.15) is 0 Å². The Bertz CT molecular complexity index is 177. The molecule has 0 saturated carbocycles. The molecule has 1 heterocycles. The van der Waals surface area contributed by atoms with Crippen LogP contribution in [0.25, 0.3) is 0 Å². The average molecular weight is 219 g/mol. The molecule has 0 aromatic rings. The van der Waals surface area contributed by atoms with Crippen molar-refractivity contribution in [3.63, 3.8) is 0 Å². The first kappa shape index (κ1) is 12.3. The van der Waals surface area contributed by atoms with Crippen LogP contribution < -0.4 is 0 Å². The fourth-order valence-corrected chi connectivity index (χ4v) is 2.91. The van der Waals surface area contributed by atoms with Gasteiger partial charge in [-0.25, -0.2) is 0 Å². The minimum absolute atomic E-state index is 0.267. The van der Waals surface area contributed by atoms with Crippen molar-refractivity contribution in [2.24, 2.45) is 5.41 Å². The van der Waals surface area contributed by atoms with E-state index < -0.39 is 0 Å². The third-order valence-electron chi connectivity index (χ3n) is 2.93. The van der Waals surface area contributed by atoms with Gasteiger partial charge in [0.15, 0.2) is 0 Å². The van der Waals surface area contributed by atoms with E-state index >= 15 is 0 Å². The highest BCUT2D eigenvalue weighted by atomic mass is 35.5. The van der Waals surface area contributed by atoms with Crippen molar-refractivity contribution < 1.29 is 4.74 Å². The van der Waals surface area contributed by atoms with E-state index in [1.54, 1.807) is 0 Å². The predicted octanol–water partition coefficient (Wildman–Crippen LogP) is 3.99. The Labute approximate surface area is 93.2 Å². The molecule has 0 radical (unpaired) electrons. The van der Waals surface area contributed by atoms with Crippen molar-refractivity contribution in [3.05, 3.63) is 0 Å². The summed E-state index contributed by atoms with van der Waals surface area (Å²) in [6.07, 6.45) is 5.59. The molecule has 0 aliphatic carbocycles. The molecule has 1 aliphatic rings. The van der Waals surface area contributed by atoms with E-state index in [1.165, 1.54) is 12.8 Å². The van der Waals surface area contributed by atoms with E-state index in [2.05, 4.69) is 27.7 Å². The van der Waals surface area contributed by atoms with Crippen LogP contribution in [0.3, 0.4) is 0 Å². The maximum atomic E-state index is 6.04. The van der Waals surface area contributed by atoms with Crippen LogP contribution in [-0.4, -0.2) is 17.6 Å². The number of rotatable bonds is 4. The Balaban J connectivity index is 2.34. The number of hydrogen-bond donors (Lipinski definition) is 0. The first-order chi connectivity index (χ1) is 6.39. The van der Waals surface area contributed by atoms with Gasteiger partial charge in [0.2, 0.25) is 0 Å². The monoisotopic (exact) mass is 218 g/mol. The molecule has 14 heavy (non-hydrogen) atoms. The molecule has 3 atom stereocenters. The molecule has 84 valence electrons. The lowest BCUT2D eigenvalue weighted by Gasteiger charge is -2.28. The van der Waals surface area contributed by atoms with Gasteiger partial charge in [0.25, 0.3) is 0 Å². The molecule has 0 amide bonds. The van der Waals surface area contributed by atoms with Gasteiger partial charge in [-0.15, -0.1) is 11.6 Å². The number of hydrogen-bond acceptors (Lipinski definition) is 1. The summed E-state index contributed by atoms with van der Waals surface area (Å²) < 4.78 is 5.84. The van der Waals surface area contributed by atoms with Gasteiger partial charge in [0.1, 0.15) is 0 Å². The van der Waals surface area contributed by atoms with Gasteiger partial charge >= 0.3 is 0 Å². The first-order valence-electron chi connectivity index (χ1n) is 5.68. The molecule has 0 spiro atoms. The van der Waals surface area contributed by atoms with Crippen LogP contribution in [0.4, 0.5) is 0 Å². The number of alkyl halides is 1. The lowest BCUT2D eigenvalue weighted by molar-refractivity contribution is 0.0270. The van der Waals surface area contributed by atoms with E-state index in [4.69, 9.17) is 16.3 Å². The second-order valence-electron chi connectivity index (χ2n) is 5.50. The van der Waals surface area contributed by atoms with Crippen LogP contribution in [0.2, 0.25) is 0 Å². The van der Waals surface area contributed by atoms with Crippen LogP contribution in [0.1, 0.15) is 53.4 Å². The molecule has 1 saturated heterocycles. The lowest BCUT2D eigenvalue weighted by Crippen LogP contribution is -2.23. The minimum atomic E-state index is 0.267.